The highest BCUT2D eigenvalue weighted by atomic mass is 16.4. The summed E-state index contributed by atoms with van der Waals surface area (Å²) in [6.45, 7) is 0. The first-order valence-corrected chi connectivity index (χ1v) is 4.71. The average molecular weight is 192 g/mol. The number of aromatic nitrogens is 1. The second-order valence-electron chi connectivity index (χ2n) is 3.51. The van der Waals surface area contributed by atoms with Crippen LogP contribution in [0.3, 0.4) is 0 Å². The summed E-state index contributed by atoms with van der Waals surface area (Å²) >= 11 is 0. The zero-order valence-electron chi connectivity index (χ0n) is 7.73. The number of anilines is 1. The van der Waals surface area contributed by atoms with Crippen molar-refractivity contribution in [2.75, 3.05) is 5.32 Å². The van der Waals surface area contributed by atoms with E-state index < -0.39 is 5.97 Å². The van der Waals surface area contributed by atoms with Crippen LogP contribution in [0.15, 0.2) is 18.3 Å². The van der Waals surface area contributed by atoms with Gasteiger partial charge in [0.05, 0.1) is 5.56 Å². The van der Waals surface area contributed by atoms with Crippen molar-refractivity contribution >= 4 is 11.8 Å². The number of carbonyl (C=O) groups is 1. The maximum atomic E-state index is 10.5. The minimum absolute atomic E-state index is 0.226. The van der Waals surface area contributed by atoms with Crippen molar-refractivity contribution in [1.29, 1.82) is 0 Å². The van der Waals surface area contributed by atoms with E-state index in [0.717, 1.165) is 5.82 Å². The molecular weight excluding hydrogens is 180 g/mol. The van der Waals surface area contributed by atoms with Crippen LogP contribution in [0.1, 0.15) is 29.6 Å². The summed E-state index contributed by atoms with van der Waals surface area (Å²) in [5.74, 6) is -0.174. The molecule has 1 heterocycles. The van der Waals surface area contributed by atoms with Crippen molar-refractivity contribution in [3.8, 4) is 0 Å². The lowest BCUT2D eigenvalue weighted by Gasteiger charge is -2.26. The zero-order chi connectivity index (χ0) is 9.97. The first kappa shape index (κ1) is 8.99. The molecule has 1 aromatic rings. The molecule has 1 aliphatic carbocycles. The molecular formula is C10H12N2O2. The Bertz CT molecular complexity index is 330. The number of aromatic carboxylic acids is 1. The van der Waals surface area contributed by atoms with Crippen LogP contribution in [0.25, 0.3) is 0 Å². The molecule has 1 aliphatic rings. The van der Waals surface area contributed by atoms with Crippen LogP contribution in [0.5, 0.6) is 0 Å². The molecule has 2 rings (SSSR count). The number of hydrogen-bond acceptors (Lipinski definition) is 3. The van der Waals surface area contributed by atoms with E-state index >= 15 is 0 Å². The van der Waals surface area contributed by atoms with Crippen LogP contribution >= 0.6 is 0 Å². The van der Waals surface area contributed by atoms with Crippen molar-refractivity contribution in [3.63, 3.8) is 0 Å². The molecule has 14 heavy (non-hydrogen) atoms. The first-order valence-electron chi connectivity index (χ1n) is 4.71. The molecule has 0 amide bonds. The Morgan fingerprint density at radius 2 is 2.29 bits per heavy atom. The third-order valence-electron chi connectivity index (χ3n) is 2.47. The maximum absolute atomic E-state index is 10.5. The van der Waals surface area contributed by atoms with Gasteiger partial charge in [-0.25, -0.2) is 9.78 Å². The molecule has 0 radical (unpaired) electrons. The van der Waals surface area contributed by atoms with Crippen molar-refractivity contribution in [3.05, 3.63) is 23.9 Å². The number of carboxylic acid groups (broad SMARTS) is 1. The Balaban J connectivity index is 2.01. The number of hydrogen-bond donors (Lipinski definition) is 2. The second-order valence-corrected chi connectivity index (χ2v) is 3.51. The van der Waals surface area contributed by atoms with Gasteiger partial charge >= 0.3 is 5.97 Å². The Morgan fingerprint density at radius 3 is 2.71 bits per heavy atom. The van der Waals surface area contributed by atoms with Crippen LogP contribution in [-0.4, -0.2) is 22.1 Å². The molecule has 2 N–H and O–H groups in total. The SMILES string of the molecule is O=C(O)c1ccc(NC2CCC2)nc1. The minimum atomic E-state index is -0.937. The summed E-state index contributed by atoms with van der Waals surface area (Å²) in [5.41, 5.74) is 0.226. The van der Waals surface area contributed by atoms with Crippen LogP contribution in [0.4, 0.5) is 5.82 Å². The van der Waals surface area contributed by atoms with E-state index in [1.807, 2.05) is 0 Å². The van der Waals surface area contributed by atoms with Crippen molar-refractivity contribution < 1.29 is 9.90 Å². The Hall–Kier alpha value is -1.58. The lowest BCUT2D eigenvalue weighted by atomic mass is 9.93. The number of rotatable bonds is 3. The fraction of sp³-hybridized carbons (Fsp3) is 0.400. The summed E-state index contributed by atoms with van der Waals surface area (Å²) < 4.78 is 0. The zero-order valence-corrected chi connectivity index (χ0v) is 7.73. The molecule has 0 bridgehead atoms. The van der Waals surface area contributed by atoms with Gasteiger partial charge in [-0.05, 0) is 31.4 Å². The third-order valence-corrected chi connectivity index (χ3v) is 2.47. The number of nitrogens with zero attached hydrogens (tertiary/aromatic N) is 1. The highest BCUT2D eigenvalue weighted by Gasteiger charge is 2.17. The Labute approximate surface area is 82.0 Å². The highest BCUT2D eigenvalue weighted by Crippen LogP contribution is 2.22. The van der Waals surface area contributed by atoms with E-state index in [-0.39, 0.29) is 5.56 Å². The third kappa shape index (κ3) is 1.84. The minimum Gasteiger partial charge on any atom is -0.478 e. The van der Waals surface area contributed by atoms with Gasteiger partial charge in [-0.3, -0.25) is 0 Å². The van der Waals surface area contributed by atoms with Crippen LogP contribution in [-0.2, 0) is 0 Å². The molecule has 0 aliphatic heterocycles. The molecule has 0 aromatic carbocycles. The van der Waals surface area contributed by atoms with Crippen LogP contribution in [0, 0.1) is 0 Å². The van der Waals surface area contributed by atoms with E-state index in [1.54, 1.807) is 12.1 Å². The second kappa shape index (κ2) is 3.65. The van der Waals surface area contributed by atoms with Gasteiger partial charge in [-0.2, -0.15) is 0 Å². The molecule has 4 heteroatoms. The molecule has 74 valence electrons. The number of nitrogens with one attached hydrogen (secondary N) is 1. The van der Waals surface area contributed by atoms with E-state index in [9.17, 15) is 4.79 Å². The molecule has 0 atom stereocenters. The summed E-state index contributed by atoms with van der Waals surface area (Å²) in [5, 5.41) is 11.9. The molecule has 0 unspecified atom stereocenters. The van der Waals surface area contributed by atoms with Gasteiger partial charge in [0.2, 0.25) is 0 Å². The summed E-state index contributed by atoms with van der Waals surface area (Å²) in [6, 6.07) is 3.80. The van der Waals surface area contributed by atoms with E-state index in [2.05, 4.69) is 10.3 Å². The topological polar surface area (TPSA) is 62.2 Å². The highest BCUT2D eigenvalue weighted by molar-refractivity contribution is 5.87. The smallest absolute Gasteiger partial charge is 0.337 e. The molecule has 1 saturated carbocycles. The first-order chi connectivity index (χ1) is 6.75. The van der Waals surface area contributed by atoms with E-state index in [1.165, 1.54) is 25.5 Å². The molecule has 0 saturated heterocycles. The van der Waals surface area contributed by atoms with Crippen molar-refractivity contribution in [2.45, 2.75) is 25.3 Å². The van der Waals surface area contributed by atoms with Gasteiger partial charge in [0.1, 0.15) is 5.82 Å². The van der Waals surface area contributed by atoms with Gasteiger partial charge in [-0.1, -0.05) is 0 Å². The van der Waals surface area contributed by atoms with Gasteiger partial charge in [0.25, 0.3) is 0 Å². The summed E-state index contributed by atoms with van der Waals surface area (Å²) in [7, 11) is 0. The molecule has 1 aromatic heterocycles. The quantitative estimate of drug-likeness (QED) is 0.765. The average Bonchev–Trinajstić information content (AvgIpc) is 2.12. The standard InChI is InChI=1S/C10H12N2O2/c13-10(14)7-4-5-9(11-6-7)12-8-2-1-3-8/h4-6,8H,1-3H2,(H,11,12)(H,13,14). The largest absolute Gasteiger partial charge is 0.478 e. The van der Waals surface area contributed by atoms with E-state index in [0.29, 0.717) is 6.04 Å². The van der Waals surface area contributed by atoms with Gasteiger partial charge in [0, 0.05) is 12.2 Å². The maximum Gasteiger partial charge on any atom is 0.337 e. The van der Waals surface area contributed by atoms with Gasteiger partial charge in [0.15, 0.2) is 0 Å². The Morgan fingerprint density at radius 1 is 1.50 bits per heavy atom. The lowest BCUT2D eigenvalue weighted by Crippen LogP contribution is -2.27. The van der Waals surface area contributed by atoms with Gasteiger partial charge in [-0.15, -0.1) is 0 Å². The fourth-order valence-electron chi connectivity index (χ4n) is 1.37. The lowest BCUT2D eigenvalue weighted by molar-refractivity contribution is 0.0696. The van der Waals surface area contributed by atoms with Crippen LogP contribution in [0.2, 0.25) is 0 Å². The number of pyridine rings is 1. The van der Waals surface area contributed by atoms with Gasteiger partial charge < -0.3 is 10.4 Å². The van der Waals surface area contributed by atoms with E-state index in [4.69, 9.17) is 5.11 Å². The van der Waals surface area contributed by atoms with Crippen molar-refractivity contribution in [1.82, 2.24) is 4.98 Å². The predicted molar refractivity (Wildman–Crippen MR) is 52.5 cm³/mol. The predicted octanol–water partition coefficient (Wildman–Crippen LogP) is 1.74. The molecule has 4 nitrogen and oxygen atoms in total. The van der Waals surface area contributed by atoms with Crippen molar-refractivity contribution in [2.24, 2.45) is 0 Å². The number of carboxylic acids is 1. The van der Waals surface area contributed by atoms with Crippen LogP contribution < -0.4 is 5.32 Å². The fourth-order valence-corrected chi connectivity index (χ4v) is 1.37. The monoisotopic (exact) mass is 192 g/mol. The normalized spacial score (nSPS) is 16.0. The molecule has 1 fully saturated rings. The molecule has 0 spiro atoms. The summed E-state index contributed by atoms with van der Waals surface area (Å²) in [4.78, 5) is 14.6. The summed E-state index contributed by atoms with van der Waals surface area (Å²) in [6.07, 6.45) is 5.01. The Kier molecular flexibility index (Phi) is 2.35.